The normalized spacial score (nSPS) is 14.5. The van der Waals surface area contributed by atoms with Crippen molar-refractivity contribution in [2.75, 3.05) is 17.7 Å². The van der Waals surface area contributed by atoms with Gasteiger partial charge in [0, 0.05) is 11.4 Å². The van der Waals surface area contributed by atoms with Gasteiger partial charge in [-0.15, -0.1) is 0 Å². The second-order valence-corrected chi connectivity index (χ2v) is 6.03. The van der Waals surface area contributed by atoms with Gasteiger partial charge in [0.1, 0.15) is 11.5 Å². The van der Waals surface area contributed by atoms with Crippen molar-refractivity contribution in [3.63, 3.8) is 0 Å². The van der Waals surface area contributed by atoms with Crippen molar-refractivity contribution < 1.29 is 19.1 Å². The van der Waals surface area contributed by atoms with Crippen LogP contribution in [0.3, 0.4) is 0 Å². The van der Waals surface area contributed by atoms with Gasteiger partial charge in [0.15, 0.2) is 0 Å². The number of nitrogens with one attached hydrogen (secondary N) is 2. The molecule has 0 radical (unpaired) electrons. The molecule has 24 heavy (non-hydrogen) atoms. The van der Waals surface area contributed by atoms with Crippen molar-refractivity contribution in [2.45, 2.75) is 19.3 Å². The van der Waals surface area contributed by atoms with E-state index in [1.165, 1.54) is 0 Å². The van der Waals surface area contributed by atoms with E-state index in [-0.39, 0.29) is 5.91 Å². The van der Waals surface area contributed by atoms with Crippen LogP contribution in [-0.2, 0) is 10.2 Å². The molecule has 0 spiro atoms. The number of amides is 2. The first kappa shape index (κ1) is 15.9. The van der Waals surface area contributed by atoms with Crippen molar-refractivity contribution in [1.29, 1.82) is 0 Å². The minimum Gasteiger partial charge on any atom is -0.497 e. The van der Waals surface area contributed by atoms with Gasteiger partial charge in [0.2, 0.25) is 5.91 Å². The SMILES string of the molecule is COc1ccc(OC(=O)Nc2ccc3c(c2)NC(=O)C3(C)C)cc1. The third-order valence-corrected chi connectivity index (χ3v) is 4.03. The summed E-state index contributed by atoms with van der Waals surface area (Å²) < 4.78 is 10.3. The van der Waals surface area contributed by atoms with Crippen LogP contribution < -0.4 is 20.1 Å². The van der Waals surface area contributed by atoms with Crippen molar-refractivity contribution in [3.8, 4) is 11.5 Å². The molecule has 2 aromatic carbocycles. The lowest BCUT2D eigenvalue weighted by Gasteiger charge is -2.15. The number of hydrogen-bond donors (Lipinski definition) is 2. The summed E-state index contributed by atoms with van der Waals surface area (Å²) in [6.07, 6.45) is -0.608. The van der Waals surface area contributed by atoms with E-state index in [4.69, 9.17) is 9.47 Å². The predicted molar refractivity (Wildman–Crippen MR) is 90.7 cm³/mol. The molecule has 1 aliphatic rings. The van der Waals surface area contributed by atoms with Crippen LogP contribution in [0.1, 0.15) is 19.4 Å². The molecule has 1 aliphatic heterocycles. The van der Waals surface area contributed by atoms with Crippen LogP contribution in [0.15, 0.2) is 42.5 Å². The average molecular weight is 326 g/mol. The van der Waals surface area contributed by atoms with Gasteiger partial charge in [-0.05, 0) is 55.8 Å². The number of carbonyl (C=O) groups is 2. The third kappa shape index (κ3) is 2.90. The standard InChI is InChI=1S/C18H18N2O4/c1-18(2)14-9-4-11(10-15(14)20-16(18)21)19-17(22)24-13-7-5-12(23-3)6-8-13/h4-10H,1-3H3,(H,19,22)(H,20,21). The van der Waals surface area contributed by atoms with Gasteiger partial charge < -0.3 is 14.8 Å². The number of anilines is 2. The highest BCUT2D eigenvalue weighted by molar-refractivity contribution is 6.06. The molecular formula is C18H18N2O4. The van der Waals surface area contributed by atoms with Crippen molar-refractivity contribution in [2.24, 2.45) is 0 Å². The Balaban J connectivity index is 1.69. The molecule has 6 heteroatoms. The van der Waals surface area contributed by atoms with E-state index in [1.54, 1.807) is 43.5 Å². The summed E-state index contributed by atoms with van der Waals surface area (Å²) in [5, 5.41) is 5.47. The minimum absolute atomic E-state index is 0.0598. The van der Waals surface area contributed by atoms with Crippen LogP contribution in [0, 0.1) is 0 Å². The number of carbonyl (C=O) groups excluding carboxylic acids is 2. The second-order valence-electron chi connectivity index (χ2n) is 6.03. The summed E-state index contributed by atoms with van der Waals surface area (Å²) in [7, 11) is 1.57. The maximum Gasteiger partial charge on any atom is 0.417 e. The van der Waals surface area contributed by atoms with Crippen molar-refractivity contribution in [1.82, 2.24) is 0 Å². The van der Waals surface area contributed by atoms with E-state index in [0.717, 1.165) is 5.56 Å². The molecule has 124 valence electrons. The quantitative estimate of drug-likeness (QED) is 0.904. The van der Waals surface area contributed by atoms with Crippen molar-refractivity contribution in [3.05, 3.63) is 48.0 Å². The van der Waals surface area contributed by atoms with Crippen LogP contribution in [-0.4, -0.2) is 19.1 Å². The first-order valence-electron chi connectivity index (χ1n) is 7.49. The lowest BCUT2D eigenvalue weighted by atomic mass is 9.86. The lowest BCUT2D eigenvalue weighted by molar-refractivity contribution is -0.119. The molecule has 0 fully saturated rings. The van der Waals surface area contributed by atoms with Crippen LogP contribution in [0.4, 0.5) is 16.2 Å². The van der Waals surface area contributed by atoms with Crippen molar-refractivity contribution >= 4 is 23.4 Å². The Labute approximate surface area is 139 Å². The molecule has 1 heterocycles. The molecule has 0 unspecified atom stereocenters. The summed E-state index contributed by atoms with van der Waals surface area (Å²) in [6, 6.07) is 12.0. The fourth-order valence-corrected chi connectivity index (χ4v) is 2.57. The number of ether oxygens (including phenoxy) is 2. The zero-order chi connectivity index (χ0) is 17.3. The summed E-state index contributed by atoms with van der Waals surface area (Å²) in [5.74, 6) is 1.03. The Morgan fingerprint density at radius 1 is 1.08 bits per heavy atom. The highest BCUT2D eigenvalue weighted by Crippen LogP contribution is 2.38. The van der Waals surface area contributed by atoms with E-state index < -0.39 is 11.5 Å². The first-order valence-corrected chi connectivity index (χ1v) is 7.49. The highest BCUT2D eigenvalue weighted by atomic mass is 16.6. The third-order valence-electron chi connectivity index (χ3n) is 4.03. The van der Waals surface area contributed by atoms with Gasteiger partial charge in [-0.3, -0.25) is 10.1 Å². The molecule has 0 aromatic heterocycles. The molecule has 0 saturated carbocycles. The maximum absolute atomic E-state index is 12.0. The first-order chi connectivity index (χ1) is 11.4. The number of methoxy groups -OCH3 is 1. The largest absolute Gasteiger partial charge is 0.497 e. The average Bonchev–Trinajstić information content (AvgIpc) is 2.77. The summed E-state index contributed by atoms with van der Waals surface area (Å²) >= 11 is 0. The lowest BCUT2D eigenvalue weighted by Crippen LogP contribution is -2.26. The summed E-state index contributed by atoms with van der Waals surface area (Å²) in [6.45, 7) is 3.72. The van der Waals surface area contributed by atoms with Gasteiger partial charge in [-0.2, -0.15) is 0 Å². The molecule has 2 N–H and O–H groups in total. The summed E-state index contributed by atoms with van der Waals surface area (Å²) in [5.41, 5.74) is 1.58. The highest BCUT2D eigenvalue weighted by Gasteiger charge is 2.38. The Kier molecular flexibility index (Phi) is 3.89. The summed E-state index contributed by atoms with van der Waals surface area (Å²) in [4.78, 5) is 23.9. The smallest absolute Gasteiger partial charge is 0.417 e. The van der Waals surface area contributed by atoms with E-state index in [1.807, 2.05) is 19.9 Å². The van der Waals surface area contributed by atoms with Gasteiger partial charge in [0.05, 0.1) is 12.5 Å². The topological polar surface area (TPSA) is 76.7 Å². The monoisotopic (exact) mass is 326 g/mol. The van der Waals surface area contributed by atoms with Crippen LogP contribution in [0.5, 0.6) is 11.5 Å². The molecule has 2 aromatic rings. The fraction of sp³-hybridized carbons (Fsp3) is 0.222. The number of benzene rings is 2. The second kappa shape index (κ2) is 5.88. The molecule has 0 aliphatic carbocycles. The minimum atomic E-state index is -0.608. The molecule has 0 saturated heterocycles. The van der Waals surface area contributed by atoms with E-state index in [9.17, 15) is 9.59 Å². The molecule has 3 rings (SSSR count). The van der Waals surface area contributed by atoms with Gasteiger partial charge in [0.25, 0.3) is 0 Å². The van der Waals surface area contributed by atoms with Gasteiger partial charge in [-0.1, -0.05) is 6.07 Å². The molecular weight excluding hydrogens is 308 g/mol. The Morgan fingerprint density at radius 3 is 2.42 bits per heavy atom. The number of fused-ring (bicyclic) bond motifs is 1. The van der Waals surface area contributed by atoms with E-state index in [0.29, 0.717) is 22.9 Å². The number of hydrogen-bond acceptors (Lipinski definition) is 4. The Morgan fingerprint density at radius 2 is 1.75 bits per heavy atom. The van der Waals surface area contributed by atoms with Gasteiger partial charge >= 0.3 is 6.09 Å². The van der Waals surface area contributed by atoms with Crippen LogP contribution in [0.2, 0.25) is 0 Å². The molecule has 2 amide bonds. The molecule has 0 bridgehead atoms. The number of rotatable bonds is 3. The van der Waals surface area contributed by atoms with Gasteiger partial charge in [-0.25, -0.2) is 4.79 Å². The Bertz CT molecular complexity index is 797. The zero-order valence-electron chi connectivity index (χ0n) is 13.7. The van der Waals surface area contributed by atoms with E-state index in [2.05, 4.69) is 10.6 Å². The van der Waals surface area contributed by atoms with E-state index >= 15 is 0 Å². The molecule has 6 nitrogen and oxygen atoms in total. The van der Waals surface area contributed by atoms with Crippen LogP contribution >= 0.6 is 0 Å². The Hall–Kier alpha value is -3.02. The molecule has 0 atom stereocenters. The fourth-order valence-electron chi connectivity index (χ4n) is 2.57. The zero-order valence-corrected chi connectivity index (χ0v) is 13.7. The predicted octanol–water partition coefficient (Wildman–Crippen LogP) is 3.54. The van der Waals surface area contributed by atoms with Crippen LogP contribution in [0.25, 0.3) is 0 Å². The maximum atomic E-state index is 12.0.